The lowest BCUT2D eigenvalue weighted by Crippen LogP contribution is -2.46. The summed E-state index contributed by atoms with van der Waals surface area (Å²) in [5.41, 5.74) is 1.07. The fraction of sp³-hybridized carbons (Fsp3) is 0.567. The van der Waals surface area contributed by atoms with Gasteiger partial charge in [-0.3, -0.25) is 9.59 Å². The predicted molar refractivity (Wildman–Crippen MR) is 148 cm³/mol. The summed E-state index contributed by atoms with van der Waals surface area (Å²) in [5.74, 6) is 1.29. The highest BCUT2D eigenvalue weighted by Crippen LogP contribution is 2.34. The first-order valence-electron chi connectivity index (χ1n) is 14.1. The number of carbonyl (C=O) groups excluding carboxylic acids is 2. The number of nitrogens with zero attached hydrogens (tertiary/aromatic N) is 3. The molecule has 204 valence electrons. The van der Waals surface area contributed by atoms with Crippen molar-refractivity contribution < 1.29 is 19.1 Å². The third kappa shape index (κ3) is 6.12. The van der Waals surface area contributed by atoms with Gasteiger partial charge in [0.1, 0.15) is 12.1 Å². The average molecular weight is 521 g/mol. The minimum atomic E-state index is -0.535. The van der Waals surface area contributed by atoms with E-state index in [1.807, 2.05) is 30.5 Å². The Morgan fingerprint density at radius 3 is 2.63 bits per heavy atom. The van der Waals surface area contributed by atoms with Gasteiger partial charge < -0.3 is 24.6 Å². The average Bonchev–Trinajstić information content (AvgIpc) is 3.35. The Bertz CT molecular complexity index is 1160. The third-order valence-electron chi connectivity index (χ3n) is 7.97. The van der Waals surface area contributed by atoms with Crippen LogP contribution in [0.3, 0.4) is 0 Å². The van der Waals surface area contributed by atoms with Gasteiger partial charge in [-0.2, -0.15) is 0 Å². The Labute approximate surface area is 225 Å². The molecule has 0 bridgehead atoms. The smallest absolute Gasteiger partial charge is 0.243 e. The van der Waals surface area contributed by atoms with Crippen LogP contribution in [0.15, 0.2) is 42.6 Å². The lowest BCUT2D eigenvalue weighted by molar-refractivity contribution is -0.139. The van der Waals surface area contributed by atoms with Crippen LogP contribution in [0.4, 0.5) is 5.69 Å². The Kier molecular flexibility index (Phi) is 8.47. The van der Waals surface area contributed by atoms with Crippen molar-refractivity contribution in [1.29, 1.82) is 0 Å². The number of rotatable bonds is 3. The molecule has 0 saturated carbocycles. The minimum absolute atomic E-state index is 0.0315. The zero-order valence-corrected chi connectivity index (χ0v) is 22.6. The number of pyridine rings is 1. The van der Waals surface area contributed by atoms with E-state index in [0.717, 1.165) is 48.8 Å². The normalized spacial score (nSPS) is 28.5. The Balaban J connectivity index is 1.36. The molecule has 3 aliphatic rings. The SMILES string of the molecule is C[C@H]1CC/C=C\CNC(=O)[C@@H]2C[C@@H](Oc3ncc(N4CCOCC4)c4ccccc34)CN2C(=O)C[C@H](C)C1. The summed E-state index contributed by atoms with van der Waals surface area (Å²) in [6.45, 7) is 8.32. The highest BCUT2D eigenvalue weighted by Gasteiger charge is 2.41. The molecule has 8 heteroatoms. The van der Waals surface area contributed by atoms with E-state index in [0.29, 0.717) is 50.9 Å². The molecule has 0 unspecified atom stereocenters. The van der Waals surface area contributed by atoms with Crippen molar-refractivity contribution in [1.82, 2.24) is 15.2 Å². The number of fused-ring (bicyclic) bond motifs is 2. The van der Waals surface area contributed by atoms with Crippen molar-refractivity contribution in [3.8, 4) is 5.88 Å². The van der Waals surface area contributed by atoms with Gasteiger partial charge in [0.25, 0.3) is 0 Å². The summed E-state index contributed by atoms with van der Waals surface area (Å²) < 4.78 is 12.0. The van der Waals surface area contributed by atoms with Gasteiger partial charge in [-0.1, -0.05) is 44.2 Å². The van der Waals surface area contributed by atoms with Crippen LogP contribution in [0.2, 0.25) is 0 Å². The molecular formula is C30H40N4O4. The van der Waals surface area contributed by atoms with Gasteiger partial charge in [0.2, 0.25) is 17.7 Å². The zero-order valence-electron chi connectivity index (χ0n) is 22.6. The van der Waals surface area contributed by atoms with E-state index in [-0.39, 0.29) is 23.8 Å². The van der Waals surface area contributed by atoms with E-state index in [9.17, 15) is 9.59 Å². The minimum Gasteiger partial charge on any atom is -0.472 e. The maximum absolute atomic E-state index is 13.4. The second kappa shape index (κ2) is 12.2. The van der Waals surface area contributed by atoms with Crippen molar-refractivity contribution in [2.24, 2.45) is 11.8 Å². The van der Waals surface area contributed by atoms with Gasteiger partial charge in [0.15, 0.2) is 0 Å². The topological polar surface area (TPSA) is 84.0 Å². The molecule has 3 aliphatic heterocycles. The Morgan fingerprint density at radius 1 is 1.03 bits per heavy atom. The van der Waals surface area contributed by atoms with E-state index in [2.05, 4.69) is 36.2 Å². The maximum Gasteiger partial charge on any atom is 0.243 e. The number of hydrogen-bond donors (Lipinski definition) is 1. The molecule has 4 heterocycles. The largest absolute Gasteiger partial charge is 0.472 e. The molecule has 0 aliphatic carbocycles. The molecule has 5 rings (SSSR count). The molecule has 1 aromatic heterocycles. The molecule has 0 spiro atoms. The standard InChI is InChI=1S/C30H40N4O4/c1-21-8-4-3-7-11-31-29(36)26-18-23(20-34(26)28(35)17-22(2)16-21)38-30-25-10-6-5-9-24(25)27(19-32-30)33-12-14-37-15-13-33/h3,5-7,9-10,19,21-23,26H,4,8,11-18,20H2,1-2H3,(H,31,36)/b7-3-/t21-,22+,23+,26-/m0/s1. The lowest BCUT2D eigenvalue weighted by Gasteiger charge is -2.30. The maximum atomic E-state index is 13.4. The van der Waals surface area contributed by atoms with Gasteiger partial charge in [-0.15, -0.1) is 0 Å². The molecule has 4 atom stereocenters. The first kappa shape index (κ1) is 26.5. The molecular weight excluding hydrogens is 480 g/mol. The first-order valence-corrected chi connectivity index (χ1v) is 14.1. The molecule has 2 amide bonds. The van der Waals surface area contributed by atoms with Gasteiger partial charge in [-0.05, 0) is 37.2 Å². The van der Waals surface area contributed by atoms with Crippen LogP contribution >= 0.6 is 0 Å². The quantitative estimate of drug-likeness (QED) is 0.618. The fourth-order valence-electron chi connectivity index (χ4n) is 6.03. The first-order chi connectivity index (χ1) is 18.5. The van der Waals surface area contributed by atoms with Gasteiger partial charge in [-0.25, -0.2) is 4.98 Å². The number of benzene rings is 1. The Hall–Kier alpha value is -3.13. The van der Waals surface area contributed by atoms with E-state index in [1.54, 1.807) is 4.90 Å². The van der Waals surface area contributed by atoms with Crippen LogP contribution in [-0.2, 0) is 14.3 Å². The monoisotopic (exact) mass is 520 g/mol. The molecule has 0 radical (unpaired) electrons. The number of allylic oxidation sites excluding steroid dienone is 1. The van der Waals surface area contributed by atoms with E-state index in [4.69, 9.17) is 14.5 Å². The van der Waals surface area contributed by atoms with Crippen LogP contribution in [0, 0.1) is 11.8 Å². The van der Waals surface area contributed by atoms with Crippen LogP contribution in [-0.4, -0.2) is 73.2 Å². The highest BCUT2D eigenvalue weighted by molar-refractivity contribution is 5.97. The number of morpholine rings is 1. The van der Waals surface area contributed by atoms with E-state index < -0.39 is 6.04 Å². The third-order valence-corrected chi connectivity index (χ3v) is 7.97. The summed E-state index contributed by atoms with van der Waals surface area (Å²) >= 11 is 0. The van der Waals surface area contributed by atoms with Crippen LogP contribution < -0.4 is 15.0 Å². The van der Waals surface area contributed by atoms with Crippen molar-refractivity contribution in [2.75, 3.05) is 44.3 Å². The van der Waals surface area contributed by atoms with E-state index in [1.165, 1.54) is 0 Å². The summed E-state index contributed by atoms with van der Waals surface area (Å²) in [6, 6.07) is 7.61. The molecule has 1 aromatic carbocycles. The number of carbonyl (C=O) groups is 2. The fourth-order valence-corrected chi connectivity index (χ4v) is 6.03. The molecule has 2 aromatic rings. The van der Waals surface area contributed by atoms with Gasteiger partial charge in [0.05, 0.1) is 31.6 Å². The summed E-state index contributed by atoms with van der Waals surface area (Å²) in [4.78, 5) is 35.3. The molecule has 2 fully saturated rings. The zero-order chi connectivity index (χ0) is 26.5. The van der Waals surface area contributed by atoms with Crippen molar-refractivity contribution >= 4 is 28.3 Å². The Morgan fingerprint density at radius 2 is 1.82 bits per heavy atom. The van der Waals surface area contributed by atoms with Crippen molar-refractivity contribution in [3.05, 3.63) is 42.6 Å². The number of anilines is 1. The number of amides is 2. The lowest BCUT2D eigenvalue weighted by atomic mass is 9.91. The summed E-state index contributed by atoms with van der Waals surface area (Å²) in [5, 5.41) is 5.02. The highest BCUT2D eigenvalue weighted by atomic mass is 16.5. The van der Waals surface area contributed by atoms with Gasteiger partial charge >= 0.3 is 0 Å². The van der Waals surface area contributed by atoms with Crippen molar-refractivity contribution in [3.63, 3.8) is 0 Å². The number of hydrogen-bond acceptors (Lipinski definition) is 6. The van der Waals surface area contributed by atoms with Gasteiger partial charge in [0, 0.05) is 43.2 Å². The van der Waals surface area contributed by atoms with Crippen LogP contribution in [0.5, 0.6) is 5.88 Å². The summed E-state index contributed by atoms with van der Waals surface area (Å²) in [7, 11) is 0. The number of ether oxygens (including phenoxy) is 2. The van der Waals surface area contributed by atoms with E-state index >= 15 is 0 Å². The number of aromatic nitrogens is 1. The number of nitrogens with one attached hydrogen (secondary N) is 1. The molecule has 38 heavy (non-hydrogen) atoms. The van der Waals surface area contributed by atoms with Crippen LogP contribution in [0.25, 0.3) is 10.8 Å². The summed E-state index contributed by atoms with van der Waals surface area (Å²) in [6.07, 6.45) is 9.73. The molecule has 8 nitrogen and oxygen atoms in total. The second-order valence-electron chi connectivity index (χ2n) is 11.1. The second-order valence-corrected chi connectivity index (χ2v) is 11.1. The predicted octanol–water partition coefficient (Wildman–Crippen LogP) is 3.94. The van der Waals surface area contributed by atoms with Crippen molar-refractivity contribution in [2.45, 2.75) is 58.1 Å². The van der Waals surface area contributed by atoms with Crippen LogP contribution in [0.1, 0.15) is 46.0 Å². The molecule has 2 saturated heterocycles. The molecule has 1 N–H and O–H groups in total.